The van der Waals surface area contributed by atoms with Crippen LogP contribution in [-0.2, 0) is 18.8 Å². The van der Waals surface area contributed by atoms with E-state index in [-0.39, 0.29) is 11.7 Å². The highest BCUT2D eigenvalue weighted by Crippen LogP contribution is 2.27. The van der Waals surface area contributed by atoms with Crippen LogP contribution in [0.15, 0.2) is 102 Å². The molecule has 0 radical (unpaired) electrons. The number of halogens is 1. The average Bonchev–Trinajstić information content (AvgIpc) is 3.25. The molecule has 2 heterocycles. The number of hydrogen-bond donors (Lipinski definition) is 1. The lowest BCUT2D eigenvalue weighted by Gasteiger charge is -2.10. The fourth-order valence-electron chi connectivity index (χ4n) is 3.76. The average molecular weight is 483 g/mol. The van der Waals surface area contributed by atoms with Crippen LogP contribution >= 0.6 is 11.8 Å². The number of nitrogens with one attached hydrogen (secondary N) is 1. The lowest BCUT2D eigenvalue weighted by atomic mass is 10.1. The SMILES string of the molecule is O=C(NCc1ccccc1)c1ccc(Cn2c(SCc3ccc(F)cc3)nc3ccncc32)cc1. The largest absolute Gasteiger partial charge is 0.348 e. The second kappa shape index (κ2) is 10.5. The number of carbonyl (C=O) groups is 1. The molecule has 7 heteroatoms. The fraction of sp³-hybridized carbons (Fsp3) is 0.107. The highest BCUT2D eigenvalue weighted by Gasteiger charge is 2.13. The Kier molecular flexibility index (Phi) is 6.86. The summed E-state index contributed by atoms with van der Waals surface area (Å²) in [5.74, 6) is 0.333. The molecule has 0 atom stereocenters. The van der Waals surface area contributed by atoms with Crippen LogP contribution in [0.2, 0.25) is 0 Å². The van der Waals surface area contributed by atoms with Crippen LogP contribution in [0.4, 0.5) is 4.39 Å². The van der Waals surface area contributed by atoms with Crippen LogP contribution in [0.25, 0.3) is 11.0 Å². The third-order valence-corrected chi connectivity index (χ3v) is 6.70. The number of fused-ring (bicyclic) bond motifs is 1. The second-order valence-electron chi connectivity index (χ2n) is 8.13. The summed E-state index contributed by atoms with van der Waals surface area (Å²) < 4.78 is 15.4. The van der Waals surface area contributed by atoms with Crippen LogP contribution < -0.4 is 5.32 Å². The van der Waals surface area contributed by atoms with Gasteiger partial charge in [0.15, 0.2) is 5.16 Å². The van der Waals surface area contributed by atoms with Gasteiger partial charge in [-0.05, 0) is 47.0 Å². The Bertz CT molecular complexity index is 1430. The van der Waals surface area contributed by atoms with Crippen molar-refractivity contribution in [1.82, 2.24) is 19.9 Å². The first-order valence-electron chi connectivity index (χ1n) is 11.2. The Morgan fingerprint density at radius 3 is 2.40 bits per heavy atom. The van der Waals surface area contributed by atoms with Gasteiger partial charge < -0.3 is 9.88 Å². The molecule has 5 aromatic rings. The van der Waals surface area contributed by atoms with Crippen LogP contribution in [0.5, 0.6) is 0 Å². The number of pyridine rings is 1. The summed E-state index contributed by atoms with van der Waals surface area (Å²) in [4.78, 5) is 21.6. The zero-order valence-corrected chi connectivity index (χ0v) is 19.7. The van der Waals surface area contributed by atoms with E-state index in [1.807, 2.05) is 66.9 Å². The predicted octanol–water partition coefficient (Wildman–Crippen LogP) is 5.84. The van der Waals surface area contributed by atoms with Crippen molar-refractivity contribution in [2.45, 2.75) is 24.0 Å². The van der Waals surface area contributed by atoms with E-state index in [0.29, 0.717) is 24.4 Å². The van der Waals surface area contributed by atoms with Gasteiger partial charge in [-0.3, -0.25) is 9.78 Å². The lowest BCUT2D eigenvalue weighted by Crippen LogP contribution is -2.22. The van der Waals surface area contributed by atoms with Gasteiger partial charge in [-0.15, -0.1) is 0 Å². The molecule has 0 aliphatic heterocycles. The molecule has 2 aromatic heterocycles. The van der Waals surface area contributed by atoms with E-state index in [2.05, 4.69) is 14.9 Å². The van der Waals surface area contributed by atoms with Crippen molar-refractivity contribution in [3.05, 3.63) is 125 Å². The normalized spacial score (nSPS) is 11.0. The van der Waals surface area contributed by atoms with E-state index in [4.69, 9.17) is 4.98 Å². The maximum Gasteiger partial charge on any atom is 0.251 e. The maximum atomic E-state index is 13.2. The Morgan fingerprint density at radius 1 is 0.886 bits per heavy atom. The van der Waals surface area contributed by atoms with E-state index in [1.165, 1.54) is 12.1 Å². The van der Waals surface area contributed by atoms with Gasteiger partial charge in [0, 0.05) is 24.1 Å². The standard InChI is InChI=1S/C28H23FN4OS/c29-24-12-8-22(9-13-24)19-35-28-32-25-14-15-30-17-26(25)33(28)18-21-6-10-23(11-7-21)27(34)31-16-20-4-2-1-3-5-20/h1-15,17H,16,18-19H2,(H,31,34). The highest BCUT2D eigenvalue weighted by molar-refractivity contribution is 7.98. The maximum absolute atomic E-state index is 13.2. The van der Waals surface area contributed by atoms with E-state index >= 15 is 0 Å². The van der Waals surface area contributed by atoms with Gasteiger partial charge in [0.2, 0.25) is 0 Å². The monoisotopic (exact) mass is 482 g/mol. The van der Waals surface area contributed by atoms with Gasteiger partial charge in [-0.2, -0.15) is 0 Å². The molecule has 0 fully saturated rings. The molecule has 0 saturated heterocycles. The molecule has 5 rings (SSSR count). The van der Waals surface area contributed by atoms with Gasteiger partial charge in [0.05, 0.1) is 23.8 Å². The Morgan fingerprint density at radius 2 is 1.63 bits per heavy atom. The van der Waals surface area contributed by atoms with Gasteiger partial charge in [0.1, 0.15) is 5.82 Å². The molecule has 3 aromatic carbocycles. The minimum absolute atomic E-state index is 0.103. The molecule has 0 saturated carbocycles. The van der Waals surface area contributed by atoms with Crippen LogP contribution in [0.1, 0.15) is 27.0 Å². The van der Waals surface area contributed by atoms with Crippen molar-refractivity contribution in [2.75, 3.05) is 0 Å². The summed E-state index contributed by atoms with van der Waals surface area (Å²) in [6.07, 6.45) is 3.55. The molecule has 1 N–H and O–H groups in total. The molecule has 0 spiro atoms. The number of imidazole rings is 1. The number of benzene rings is 3. The smallest absolute Gasteiger partial charge is 0.251 e. The number of rotatable bonds is 8. The van der Waals surface area contributed by atoms with Crippen molar-refractivity contribution in [2.24, 2.45) is 0 Å². The number of thioether (sulfide) groups is 1. The molecule has 174 valence electrons. The topological polar surface area (TPSA) is 59.8 Å². The summed E-state index contributed by atoms with van der Waals surface area (Å²) in [5.41, 5.74) is 5.57. The number of nitrogens with zero attached hydrogens (tertiary/aromatic N) is 3. The van der Waals surface area contributed by atoms with E-state index in [1.54, 1.807) is 30.1 Å². The van der Waals surface area contributed by atoms with E-state index in [9.17, 15) is 9.18 Å². The predicted molar refractivity (Wildman–Crippen MR) is 137 cm³/mol. The quantitative estimate of drug-likeness (QED) is 0.282. The lowest BCUT2D eigenvalue weighted by molar-refractivity contribution is 0.0951. The number of hydrogen-bond acceptors (Lipinski definition) is 4. The van der Waals surface area contributed by atoms with Crippen molar-refractivity contribution >= 4 is 28.7 Å². The number of amides is 1. The summed E-state index contributed by atoms with van der Waals surface area (Å²) in [7, 11) is 0. The summed E-state index contributed by atoms with van der Waals surface area (Å²) in [5, 5.41) is 3.82. The zero-order valence-electron chi connectivity index (χ0n) is 18.9. The van der Waals surface area contributed by atoms with Crippen molar-refractivity contribution in [3.8, 4) is 0 Å². The van der Waals surface area contributed by atoms with Crippen molar-refractivity contribution < 1.29 is 9.18 Å². The van der Waals surface area contributed by atoms with Crippen LogP contribution in [0, 0.1) is 5.82 Å². The Hall–Kier alpha value is -3.97. The summed E-state index contributed by atoms with van der Waals surface area (Å²) in [6.45, 7) is 1.09. The molecule has 1 amide bonds. The zero-order chi connectivity index (χ0) is 24.0. The molecule has 35 heavy (non-hydrogen) atoms. The first kappa shape index (κ1) is 22.8. The Labute approximate surface area is 207 Å². The van der Waals surface area contributed by atoms with E-state index < -0.39 is 0 Å². The van der Waals surface area contributed by atoms with Gasteiger partial charge >= 0.3 is 0 Å². The number of aromatic nitrogens is 3. The molecule has 0 aliphatic carbocycles. The minimum atomic E-state index is -0.241. The highest BCUT2D eigenvalue weighted by atomic mass is 32.2. The first-order chi connectivity index (χ1) is 17.2. The summed E-state index contributed by atoms with van der Waals surface area (Å²) in [6, 6.07) is 25.9. The molecular formula is C28H23FN4OS. The fourth-order valence-corrected chi connectivity index (χ4v) is 4.73. The second-order valence-corrected chi connectivity index (χ2v) is 9.07. The molecule has 0 aliphatic rings. The first-order valence-corrected chi connectivity index (χ1v) is 12.2. The van der Waals surface area contributed by atoms with E-state index in [0.717, 1.165) is 32.9 Å². The molecule has 5 nitrogen and oxygen atoms in total. The van der Waals surface area contributed by atoms with Gasteiger partial charge in [0.25, 0.3) is 5.91 Å². The van der Waals surface area contributed by atoms with Crippen molar-refractivity contribution in [3.63, 3.8) is 0 Å². The van der Waals surface area contributed by atoms with Gasteiger partial charge in [-0.25, -0.2) is 9.37 Å². The number of carbonyl (C=O) groups excluding carboxylic acids is 1. The van der Waals surface area contributed by atoms with Crippen LogP contribution in [-0.4, -0.2) is 20.4 Å². The molecular weight excluding hydrogens is 459 g/mol. The molecule has 0 unspecified atom stereocenters. The van der Waals surface area contributed by atoms with Crippen molar-refractivity contribution in [1.29, 1.82) is 0 Å². The molecule has 0 bridgehead atoms. The third kappa shape index (κ3) is 5.58. The summed E-state index contributed by atoms with van der Waals surface area (Å²) >= 11 is 1.60. The third-order valence-electron chi connectivity index (χ3n) is 5.65. The van der Waals surface area contributed by atoms with Gasteiger partial charge in [-0.1, -0.05) is 66.4 Å². The van der Waals surface area contributed by atoms with Crippen LogP contribution in [0.3, 0.4) is 0 Å². The minimum Gasteiger partial charge on any atom is -0.348 e. The Balaban J connectivity index is 1.30.